The number of aliphatic hydroxyl groups is 1. The van der Waals surface area contributed by atoms with Gasteiger partial charge in [-0.1, -0.05) is 30.4 Å². The Bertz CT molecular complexity index is 1370. The summed E-state index contributed by atoms with van der Waals surface area (Å²) in [5, 5.41) is 10.6. The lowest BCUT2D eigenvalue weighted by atomic mass is 9.99. The van der Waals surface area contributed by atoms with Crippen molar-refractivity contribution in [1.82, 2.24) is 4.98 Å². The van der Waals surface area contributed by atoms with E-state index in [4.69, 9.17) is 4.42 Å². The first-order valence-electron chi connectivity index (χ1n) is 9.54. The second kappa shape index (κ2) is 8.56. The topological polar surface area (TPSA) is 86.4 Å². The standard InChI is InChI=1S/C22H15F4NO4S2/c1-2-21(29,22(24,25)26)18-11-27-20(32-18)33(30)14-7-8-15-16(10-19(28)31-17(15)9-14)12-3-5-13(23)6-4-12/h3-11,29H,2H2,1H3/t21-,33?/m0/s1. The summed E-state index contributed by atoms with van der Waals surface area (Å²) < 4.78 is 71.3. The van der Waals surface area contributed by atoms with Crippen molar-refractivity contribution < 1.29 is 31.6 Å². The number of alkyl halides is 3. The highest BCUT2D eigenvalue weighted by Crippen LogP contribution is 2.44. The normalized spacial score (nSPS) is 14.9. The first-order valence-corrected chi connectivity index (χ1v) is 11.5. The molecule has 0 bridgehead atoms. The molecule has 0 aliphatic heterocycles. The molecule has 0 spiro atoms. The van der Waals surface area contributed by atoms with Crippen LogP contribution in [0.15, 0.2) is 73.2 Å². The van der Waals surface area contributed by atoms with Crippen LogP contribution in [-0.4, -0.2) is 20.8 Å². The molecule has 0 amide bonds. The highest BCUT2D eigenvalue weighted by molar-refractivity contribution is 7.93. The summed E-state index contributed by atoms with van der Waals surface area (Å²) >= 11 is -1.49. The number of thiazole rings is 1. The summed E-state index contributed by atoms with van der Waals surface area (Å²) in [7, 11) is 0. The molecule has 5 nitrogen and oxygen atoms in total. The molecule has 0 saturated heterocycles. The van der Waals surface area contributed by atoms with Gasteiger partial charge in [0.25, 0.3) is 0 Å². The van der Waals surface area contributed by atoms with Crippen molar-refractivity contribution in [2.45, 2.75) is 34.4 Å². The molecule has 4 aromatic rings. The van der Waals surface area contributed by atoms with E-state index >= 15 is 0 Å². The third-order valence-electron chi connectivity index (χ3n) is 5.12. The number of nitrogens with zero attached hydrogens (tertiary/aromatic N) is 1. The molecule has 1 unspecified atom stereocenters. The lowest BCUT2D eigenvalue weighted by Crippen LogP contribution is -2.40. The quantitative estimate of drug-likeness (QED) is 0.227. The molecule has 0 aliphatic rings. The zero-order valence-electron chi connectivity index (χ0n) is 16.9. The van der Waals surface area contributed by atoms with E-state index in [0.29, 0.717) is 27.8 Å². The van der Waals surface area contributed by atoms with E-state index in [1.807, 2.05) is 0 Å². The van der Waals surface area contributed by atoms with E-state index in [2.05, 4.69) is 4.98 Å². The number of hydrogen-bond donors (Lipinski definition) is 1. The monoisotopic (exact) mass is 497 g/mol. The number of fused-ring (bicyclic) bond motifs is 1. The van der Waals surface area contributed by atoms with Crippen molar-refractivity contribution in [1.29, 1.82) is 0 Å². The largest absolute Gasteiger partial charge is 0.605 e. The number of rotatable bonds is 5. The van der Waals surface area contributed by atoms with Crippen LogP contribution in [0.3, 0.4) is 0 Å². The van der Waals surface area contributed by atoms with Crippen molar-refractivity contribution >= 4 is 33.5 Å². The average Bonchev–Trinajstić information content (AvgIpc) is 3.27. The van der Waals surface area contributed by atoms with Gasteiger partial charge in [-0.05, 0) is 41.8 Å². The van der Waals surface area contributed by atoms with Gasteiger partial charge in [0, 0.05) is 23.7 Å². The molecule has 0 aliphatic carbocycles. The molecule has 2 atom stereocenters. The van der Waals surface area contributed by atoms with Crippen LogP contribution < -0.4 is 5.63 Å². The predicted molar refractivity (Wildman–Crippen MR) is 115 cm³/mol. The smallest absolute Gasteiger partial charge is 0.422 e. The van der Waals surface area contributed by atoms with Gasteiger partial charge in [0.15, 0.2) is 10.5 Å². The lowest BCUT2D eigenvalue weighted by Gasteiger charge is -2.27. The summed E-state index contributed by atoms with van der Waals surface area (Å²) in [6, 6.07) is 11.1. The molecule has 2 aromatic carbocycles. The van der Waals surface area contributed by atoms with Gasteiger partial charge < -0.3 is 14.1 Å². The highest BCUT2D eigenvalue weighted by atomic mass is 32.2. The molecule has 1 N–H and O–H groups in total. The van der Waals surface area contributed by atoms with Crippen LogP contribution in [0.1, 0.15) is 18.2 Å². The Hall–Kier alpha value is -2.73. The lowest BCUT2D eigenvalue weighted by molar-refractivity contribution is -0.266. The van der Waals surface area contributed by atoms with E-state index in [1.165, 1.54) is 49.4 Å². The Labute approximate surface area is 191 Å². The first kappa shape index (κ1) is 23.4. The van der Waals surface area contributed by atoms with Crippen LogP contribution in [-0.2, 0) is 16.8 Å². The van der Waals surface area contributed by atoms with E-state index in [1.54, 1.807) is 6.07 Å². The molecule has 0 radical (unpaired) electrons. The van der Waals surface area contributed by atoms with E-state index in [0.717, 1.165) is 6.20 Å². The molecule has 4 rings (SSSR count). The molecule has 2 heterocycles. The molecule has 172 valence electrons. The maximum absolute atomic E-state index is 13.3. The van der Waals surface area contributed by atoms with Gasteiger partial charge in [-0.15, -0.1) is 0 Å². The van der Waals surface area contributed by atoms with Gasteiger partial charge in [0.05, 0.1) is 16.1 Å². The number of hydrogen-bond acceptors (Lipinski definition) is 6. The molecule has 11 heteroatoms. The minimum Gasteiger partial charge on any atom is -0.605 e. The average molecular weight is 497 g/mol. The molecular formula is C22H15F4NO4S2. The predicted octanol–water partition coefficient (Wildman–Crippen LogP) is 5.38. The van der Waals surface area contributed by atoms with Crippen LogP contribution in [0.25, 0.3) is 22.1 Å². The fourth-order valence-electron chi connectivity index (χ4n) is 3.28. The van der Waals surface area contributed by atoms with Gasteiger partial charge in [-0.3, -0.25) is 0 Å². The third-order valence-corrected chi connectivity index (χ3v) is 7.87. The molecule has 33 heavy (non-hydrogen) atoms. The van der Waals surface area contributed by atoms with Crippen LogP contribution in [0.4, 0.5) is 17.6 Å². The summed E-state index contributed by atoms with van der Waals surface area (Å²) in [6.45, 7) is 1.19. The number of halogens is 4. The Morgan fingerprint density at radius 1 is 1.15 bits per heavy atom. The second-order valence-corrected chi connectivity index (χ2v) is 9.80. The Morgan fingerprint density at radius 2 is 1.85 bits per heavy atom. The fraction of sp³-hybridized carbons (Fsp3) is 0.182. The van der Waals surface area contributed by atoms with Crippen LogP contribution in [0.2, 0.25) is 0 Å². The van der Waals surface area contributed by atoms with Gasteiger partial charge in [-0.25, -0.2) is 9.18 Å². The summed E-state index contributed by atoms with van der Waals surface area (Å²) in [5.41, 5.74) is -2.62. The molecule has 0 fully saturated rings. The maximum Gasteiger partial charge on any atom is 0.422 e. The molecule has 0 saturated carbocycles. The zero-order valence-corrected chi connectivity index (χ0v) is 18.5. The maximum atomic E-state index is 13.3. The Kier molecular flexibility index (Phi) is 6.08. The van der Waals surface area contributed by atoms with Crippen LogP contribution in [0.5, 0.6) is 0 Å². The summed E-state index contributed by atoms with van der Waals surface area (Å²) in [4.78, 5) is 15.6. The van der Waals surface area contributed by atoms with E-state index in [9.17, 15) is 32.0 Å². The molecule has 2 aromatic heterocycles. The summed E-state index contributed by atoms with van der Waals surface area (Å²) in [5.74, 6) is -0.438. The minimum atomic E-state index is -4.92. The van der Waals surface area contributed by atoms with Crippen molar-refractivity contribution in [3.63, 3.8) is 0 Å². The van der Waals surface area contributed by atoms with E-state index < -0.39 is 45.7 Å². The van der Waals surface area contributed by atoms with Crippen molar-refractivity contribution in [2.24, 2.45) is 0 Å². The minimum absolute atomic E-state index is 0.102. The zero-order chi connectivity index (χ0) is 24.0. The van der Waals surface area contributed by atoms with Gasteiger partial charge in [0.1, 0.15) is 11.4 Å². The molecular weight excluding hydrogens is 482 g/mol. The third kappa shape index (κ3) is 4.29. The van der Waals surface area contributed by atoms with Gasteiger partial charge in [-0.2, -0.15) is 18.2 Å². The Morgan fingerprint density at radius 3 is 2.48 bits per heavy atom. The van der Waals surface area contributed by atoms with Crippen molar-refractivity contribution in [3.8, 4) is 11.1 Å². The Balaban J connectivity index is 1.74. The van der Waals surface area contributed by atoms with Crippen LogP contribution in [0, 0.1) is 5.82 Å². The van der Waals surface area contributed by atoms with Gasteiger partial charge in [0.2, 0.25) is 0 Å². The summed E-state index contributed by atoms with van der Waals surface area (Å²) in [6.07, 6.45) is -4.68. The fourth-order valence-corrected chi connectivity index (χ4v) is 5.72. The highest BCUT2D eigenvalue weighted by Gasteiger charge is 2.55. The van der Waals surface area contributed by atoms with Crippen molar-refractivity contribution in [3.05, 3.63) is 75.8 Å². The van der Waals surface area contributed by atoms with Crippen LogP contribution >= 0.6 is 11.3 Å². The van der Waals surface area contributed by atoms with Gasteiger partial charge >= 0.3 is 16.1 Å². The van der Waals surface area contributed by atoms with E-state index in [-0.39, 0.29) is 14.8 Å². The number of benzene rings is 2. The second-order valence-electron chi connectivity index (χ2n) is 7.11. The first-order chi connectivity index (χ1) is 15.5. The number of aromatic nitrogens is 1. The SMILES string of the molecule is CC[C@](O)(c1cnc([S+]([O-])c2ccc3c(-c4ccc(F)cc4)cc(=O)oc3c2)s1)C(F)(F)F. The van der Waals surface area contributed by atoms with Crippen molar-refractivity contribution in [2.75, 3.05) is 0 Å².